The van der Waals surface area contributed by atoms with E-state index in [-0.39, 0.29) is 0 Å². The molecule has 1 aromatic carbocycles. The molecule has 1 heterocycles. The Balaban J connectivity index is 1.89. The van der Waals surface area contributed by atoms with E-state index in [1.54, 1.807) is 6.92 Å². The molecule has 4 heteroatoms. The van der Waals surface area contributed by atoms with Gasteiger partial charge in [0, 0.05) is 5.39 Å². The normalized spacial score (nSPS) is 15.4. The van der Waals surface area contributed by atoms with Crippen molar-refractivity contribution in [1.29, 1.82) is 0 Å². The Bertz CT molecular complexity index is 626. The number of furan rings is 1. The number of rotatable bonds is 4. The molecule has 0 radical (unpaired) electrons. The number of aryl methyl sites for hydroxylation is 1. The van der Waals surface area contributed by atoms with E-state index in [9.17, 15) is 4.79 Å². The third-order valence-electron chi connectivity index (χ3n) is 3.79. The molecule has 19 heavy (non-hydrogen) atoms. The van der Waals surface area contributed by atoms with E-state index in [4.69, 9.17) is 14.9 Å². The maximum Gasteiger partial charge on any atom is 0.252 e. The second kappa shape index (κ2) is 4.61. The summed E-state index contributed by atoms with van der Waals surface area (Å²) in [4.78, 5) is 11.5. The third kappa shape index (κ3) is 2.18. The van der Waals surface area contributed by atoms with Crippen LogP contribution in [-0.4, -0.2) is 12.5 Å². The number of hydrogen-bond acceptors (Lipinski definition) is 3. The average Bonchev–Trinajstić information content (AvgIpc) is 2.62. The molecular formula is C15H17NO3. The van der Waals surface area contributed by atoms with Crippen molar-refractivity contribution in [1.82, 2.24) is 0 Å². The fourth-order valence-electron chi connectivity index (χ4n) is 2.47. The first-order chi connectivity index (χ1) is 9.15. The number of carbonyl (C=O) groups excluding carboxylic acids is 1. The summed E-state index contributed by atoms with van der Waals surface area (Å²) >= 11 is 0. The minimum atomic E-state index is -0.465. The largest absolute Gasteiger partial charge is 0.493 e. The smallest absolute Gasteiger partial charge is 0.252 e. The summed E-state index contributed by atoms with van der Waals surface area (Å²) in [5.41, 5.74) is 6.51. The Labute approximate surface area is 111 Å². The number of hydrogen-bond donors (Lipinski definition) is 1. The summed E-state index contributed by atoms with van der Waals surface area (Å²) in [6, 6.07) is 5.53. The van der Waals surface area contributed by atoms with E-state index in [0.29, 0.717) is 22.8 Å². The maximum absolute atomic E-state index is 11.5. The number of amides is 1. The quantitative estimate of drug-likeness (QED) is 0.917. The SMILES string of the molecule is Cc1oc2ccc(OCC3CCC3)cc2c1C(N)=O. The highest BCUT2D eigenvalue weighted by Gasteiger charge is 2.19. The molecule has 0 saturated heterocycles. The van der Waals surface area contributed by atoms with Crippen LogP contribution in [0.5, 0.6) is 5.75 Å². The van der Waals surface area contributed by atoms with Gasteiger partial charge in [-0.05, 0) is 43.9 Å². The van der Waals surface area contributed by atoms with Gasteiger partial charge in [0.2, 0.25) is 0 Å². The van der Waals surface area contributed by atoms with Gasteiger partial charge in [-0.1, -0.05) is 6.42 Å². The molecule has 1 saturated carbocycles. The molecule has 2 aromatic rings. The van der Waals surface area contributed by atoms with Crippen molar-refractivity contribution in [3.63, 3.8) is 0 Å². The first kappa shape index (κ1) is 12.1. The highest BCUT2D eigenvalue weighted by atomic mass is 16.5. The van der Waals surface area contributed by atoms with Crippen molar-refractivity contribution in [3.05, 3.63) is 29.5 Å². The zero-order chi connectivity index (χ0) is 13.4. The van der Waals surface area contributed by atoms with Gasteiger partial charge in [0.25, 0.3) is 5.91 Å². The minimum absolute atomic E-state index is 0.448. The van der Waals surface area contributed by atoms with Gasteiger partial charge in [-0.2, -0.15) is 0 Å². The lowest BCUT2D eigenvalue weighted by molar-refractivity contribution is 0.1000. The Kier molecular flexibility index (Phi) is 2.93. The predicted octanol–water partition coefficient (Wildman–Crippen LogP) is 3.02. The molecular weight excluding hydrogens is 242 g/mol. The number of ether oxygens (including phenoxy) is 1. The predicted molar refractivity (Wildman–Crippen MR) is 72.3 cm³/mol. The van der Waals surface area contributed by atoms with Gasteiger partial charge in [-0.3, -0.25) is 4.79 Å². The van der Waals surface area contributed by atoms with E-state index in [2.05, 4.69) is 0 Å². The Morgan fingerprint density at radius 2 is 2.26 bits per heavy atom. The highest BCUT2D eigenvalue weighted by molar-refractivity contribution is 6.06. The molecule has 100 valence electrons. The van der Waals surface area contributed by atoms with Gasteiger partial charge < -0.3 is 14.9 Å². The molecule has 1 aliphatic carbocycles. The topological polar surface area (TPSA) is 65.5 Å². The molecule has 0 spiro atoms. The highest BCUT2D eigenvalue weighted by Crippen LogP contribution is 2.30. The van der Waals surface area contributed by atoms with Crippen LogP contribution < -0.4 is 10.5 Å². The van der Waals surface area contributed by atoms with Gasteiger partial charge in [-0.15, -0.1) is 0 Å². The first-order valence-corrected chi connectivity index (χ1v) is 6.61. The van der Waals surface area contributed by atoms with Crippen LogP contribution in [0.4, 0.5) is 0 Å². The number of carbonyl (C=O) groups is 1. The number of primary amides is 1. The van der Waals surface area contributed by atoms with Crippen molar-refractivity contribution in [2.75, 3.05) is 6.61 Å². The van der Waals surface area contributed by atoms with E-state index < -0.39 is 5.91 Å². The summed E-state index contributed by atoms with van der Waals surface area (Å²) in [5, 5.41) is 0.733. The summed E-state index contributed by atoms with van der Waals surface area (Å²) in [6.07, 6.45) is 3.80. The minimum Gasteiger partial charge on any atom is -0.493 e. The van der Waals surface area contributed by atoms with E-state index in [1.165, 1.54) is 19.3 Å². The number of benzene rings is 1. The van der Waals surface area contributed by atoms with Crippen molar-refractivity contribution < 1.29 is 13.9 Å². The molecule has 1 fully saturated rings. The zero-order valence-electron chi connectivity index (χ0n) is 10.9. The van der Waals surface area contributed by atoms with Crippen LogP contribution in [-0.2, 0) is 0 Å². The van der Waals surface area contributed by atoms with E-state index in [1.807, 2.05) is 18.2 Å². The monoisotopic (exact) mass is 259 g/mol. The average molecular weight is 259 g/mol. The lowest BCUT2D eigenvalue weighted by Crippen LogP contribution is -2.19. The summed E-state index contributed by atoms with van der Waals surface area (Å²) in [6.45, 7) is 2.49. The standard InChI is InChI=1S/C15H17NO3/c1-9-14(15(16)17)12-7-11(5-6-13(12)19-9)18-8-10-3-2-4-10/h5-7,10H,2-4,8H2,1H3,(H2,16,17). The molecule has 1 aliphatic rings. The second-order valence-electron chi connectivity index (χ2n) is 5.16. The molecule has 0 bridgehead atoms. The number of fused-ring (bicyclic) bond motifs is 1. The second-order valence-corrected chi connectivity index (χ2v) is 5.16. The molecule has 0 atom stereocenters. The maximum atomic E-state index is 11.5. The Morgan fingerprint density at radius 3 is 2.89 bits per heavy atom. The van der Waals surface area contributed by atoms with Gasteiger partial charge in [-0.25, -0.2) is 0 Å². The van der Waals surface area contributed by atoms with E-state index in [0.717, 1.165) is 17.7 Å². The van der Waals surface area contributed by atoms with Crippen LogP contribution in [0.3, 0.4) is 0 Å². The molecule has 0 unspecified atom stereocenters. The Morgan fingerprint density at radius 1 is 1.47 bits per heavy atom. The van der Waals surface area contributed by atoms with Crippen molar-refractivity contribution >= 4 is 16.9 Å². The fourth-order valence-corrected chi connectivity index (χ4v) is 2.47. The Hall–Kier alpha value is -1.97. The van der Waals surface area contributed by atoms with E-state index >= 15 is 0 Å². The van der Waals surface area contributed by atoms with Gasteiger partial charge in [0.1, 0.15) is 17.1 Å². The lowest BCUT2D eigenvalue weighted by Gasteiger charge is -2.25. The summed E-state index contributed by atoms with van der Waals surface area (Å²) in [7, 11) is 0. The molecule has 1 aromatic heterocycles. The fraction of sp³-hybridized carbons (Fsp3) is 0.400. The first-order valence-electron chi connectivity index (χ1n) is 6.61. The molecule has 0 aliphatic heterocycles. The molecule has 2 N–H and O–H groups in total. The zero-order valence-corrected chi connectivity index (χ0v) is 10.9. The van der Waals surface area contributed by atoms with Crippen molar-refractivity contribution in [2.45, 2.75) is 26.2 Å². The van der Waals surface area contributed by atoms with Gasteiger partial charge in [0.15, 0.2) is 0 Å². The van der Waals surface area contributed by atoms with Gasteiger partial charge >= 0.3 is 0 Å². The summed E-state index contributed by atoms with van der Waals surface area (Å²) < 4.78 is 11.3. The van der Waals surface area contributed by atoms with Crippen LogP contribution in [0.1, 0.15) is 35.4 Å². The van der Waals surface area contributed by atoms with Crippen LogP contribution in [0.2, 0.25) is 0 Å². The van der Waals surface area contributed by atoms with Crippen LogP contribution in [0.15, 0.2) is 22.6 Å². The van der Waals surface area contributed by atoms with Crippen molar-refractivity contribution in [2.24, 2.45) is 11.7 Å². The van der Waals surface area contributed by atoms with Crippen molar-refractivity contribution in [3.8, 4) is 5.75 Å². The van der Waals surface area contributed by atoms with Crippen LogP contribution in [0, 0.1) is 12.8 Å². The van der Waals surface area contributed by atoms with Gasteiger partial charge in [0.05, 0.1) is 12.2 Å². The van der Waals surface area contributed by atoms with Crippen LogP contribution >= 0.6 is 0 Å². The third-order valence-corrected chi connectivity index (χ3v) is 3.79. The lowest BCUT2D eigenvalue weighted by atomic mass is 9.86. The molecule has 1 amide bonds. The van der Waals surface area contributed by atoms with Crippen LogP contribution in [0.25, 0.3) is 11.0 Å². The molecule has 4 nitrogen and oxygen atoms in total. The molecule has 3 rings (SSSR count). The summed E-state index contributed by atoms with van der Waals surface area (Å²) in [5.74, 6) is 1.53. The number of nitrogens with two attached hydrogens (primary N) is 1.